The second-order valence-corrected chi connectivity index (χ2v) is 4.56. The van der Waals surface area contributed by atoms with E-state index in [1.54, 1.807) is 31.3 Å². The van der Waals surface area contributed by atoms with Crippen molar-refractivity contribution in [1.29, 1.82) is 0 Å². The minimum absolute atomic E-state index is 0.288. The van der Waals surface area contributed by atoms with E-state index in [1.165, 1.54) is 11.8 Å². The molecule has 1 rings (SSSR count). The molecule has 0 saturated heterocycles. The number of likely N-dealkylation sites (N-methyl/N-ethyl adjacent to an activating group) is 1. The third-order valence-corrected chi connectivity index (χ3v) is 2.88. The summed E-state index contributed by atoms with van der Waals surface area (Å²) in [6, 6.07) is 6.87. The van der Waals surface area contributed by atoms with Gasteiger partial charge < -0.3 is 14.7 Å². The van der Waals surface area contributed by atoms with E-state index in [0.717, 1.165) is 0 Å². The summed E-state index contributed by atoms with van der Waals surface area (Å²) in [4.78, 5) is 23.7. The highest BCUT2D eigenvalue weighted by atomic mass is 35.5. The molecule has 0 aromatic heterocycles. The number of ether oxygens (including phenoxy) is 1. The molecule has 1 aromatic carbocycles. The number of hydrogen-bond donors (Lipinski definition) is 1. The van der Waals surface area contributed by atoms with Gasteiger partial charge in [-0.2, -0.15) is 0 Å². The number of carbonyl (C=O) groups excluding carboxylic acids is 1. The number of carbonyl (C=O) groups is 2. The molecule has 5 nitrogen and oxygen atoms in total. The molecule has 1 amide bonds. The van der Waals surface area contributed by atoms with Gasteiger partial charge in [0.1, 0.15) is 18.3 Å². The monoisotopic (exact) mass is 285 g/mol. The van der Waals surface area contributed by atoms with Gasteiger partial charge in [0.2, 0.25) is 5.91 Å². The second-order valence-electron chi connectivity index (χ2n) is 4.12. The van der Waals surface area contributed by atoms with Crippen LogP contribution in [0.3, 0.4) is 0 Å². The van der Waals surface area contributed by atoms with Crippen LogP contribution in [0.1, 0.15) is 6.92 Å². The zero-order valence-electron chi connectivity index (χ0n) is 10.8. The van der Waals surface area contributed by atoms with Crippen LogP contribution in [-0.2, 0) is 9.59 Å². The molecule has 0 bridgehead atoms. The number of aliphatic carboxylic acids is 1. The Hall–Kier alpha value is -1.75. The van der Waals surface area contributed by atoms with Crippen LogP contribution in [0.2, 0.25) is 5.02 Å². The number of halogens is 1. The molecule has 0 aliphatic rings. The smallest absolute Gasteiger partial charge is 0.315 e. The third kappa shape index (κ3) is 4.79. The van der Waals surface area contributed by atoms with E-state index in [9.17, 15) is 9.59 Å². The number of amides is 1. The first-order chi connectivity index (χ1) is 8.91. The molecule has 0 fully saturated rings. The minimum atomic E-state index is -1.13. The number of nitrogens with zero attached hydrogens (tertiary/aromatic N) is 1. The van der Waals surface area contributed by atoms with Gasteiger partial charge in [0.15, 0.2) is 0 Å². The quantitative estimate of drug-likeness (QED) is 0.811. The van der Waals surface area contributed by atoms with Crippen LogP contribution in [0.4, 0.5) is 0 Å². The molecule has 104 valence electrons. The Morgan fingerprint density at radius 2 is 1.95 bits per heavy atom. The van der Waals surface area contributed by atoms with Gasteiger partial charge >= 0.3 is 5.97 Å². The molecule has 1 N–H and O–H groups in total. The summed E-state index contributed by atoms with van der Waals surface area (Å²) >= 11 is 5.74. The zero-order chi connectivity index (χ0) is 14.4. The summed E-state index contributed by atoms with van der Waals surface area (Å²) in [5, 5.41) is 9.36. The maximum absolute atomic E-state index is 11.6. The van der Waals surface area contributed by atoms with Crippen LogP contribution in [0, 0.1) is 5.92 Å². The van der Waals surface area contributed by atoms with Gasteiger partial charge in [-0.15, -0.1) is 0 Å². The summed E-state index contributed by atoms with van der Waals surface area (Å²) < 4.78 is 5.42. The first-order valence-electron chi connectivity index (χ1n) is 5.78. The predicted octanol–water partition coefficient (Wildman–Crippen LogP) is 1.90. The maximum Gasteiger partial charge on any atom is 0.315 e. The highest BCUT2D eigenvalue weighted by molar-refractivity contribution is 6.30. The van der Waals surface area contributed by atoms with E-state index >= 15 is 0 Å². The summed E-state index contributed by atoms with van der Waals surface area (Å²) in [6.07, 6.45) is 0. The van der Waals surface area contributed by atoms with Crippen LogP contribution < -0.4 is 4.74 Å². The lowest BCUT2D eigenvalue weighted by molar-refractivity contribution is -0.149. The van der Waals surface area contributed by atoms with E-state index in [-0.39, 0.29) is 6.61 Å². The van der Waals surface area contributed by atoms with E-state index in [0.29, 0.717) is 17.3 Å². The van der Waals surface area contributed by atoms with E-state index in [2.05, 4.69) is 0 Å². The molecule has 0 aliphatic carbocycles. The largest absolute Gasteiger partial charge is 0.492 e. The van der Waals surface area contributed by atoms with Crippen LogP contribution in [0.5, 0.6) is 5.75 Å². The van der Waals surface area contributed by atoms with E-state index in [4.69, 9.17) is 21.4 Å². The third-order valence-electron chi connectivity index (χ3n) is 2.63. The van der Waals surface area contributed by atoms with Gasteiger partial charge in [-0.05, 0) is 31.2 Å². The fourth-order valence-electron chi connectivity index (χ4n) is 1.38. The molecule has 0 radical (unpaired) electrons. The molecule has 0 aliphatic heterocycles. The lowest BCUT2D eigenvalue weighted by Crippen LogP contribution is -2.37. The Morgan fingerprint density at radius 1 is 1.37 bits per heavy atom. The average molecular weight is 286 g/mol. The fourth-order valence-corrected chi connectivity index (χ4v) is 1.50. The lowest BCUT2D eigenvalue weighted by atomic mass is 10.1. The topological polar surface area (TPSA) is 66.8 Å². The fraction of sp³-hybridized carbons (Fsp3) is 0.385. The Kier molecular flexibility index (Phi) is 5.63. The Balaban J connectivity index is 2.38. The van der Waals surface area contributed by atoms with Gasteiger partial charge in [0.25, 0.3) is 0 Å². The van der Waals surface area contributed by atoms with E-state index in [1.807, 2.05) is 0 Å². The summed E-state index contributed by atoms with van der Waals surface area (Å²) in [5.41, 5.74) is 0. The molecule has 1 aromatic rings. The first-order valence-corrected chi connectivity index (χ1v) is 6.15. The molecule has 0 saturated carbocycles. The molecular weight excluding hydrogens is 270 g/mol. The second kappa shape index (κ2) is 6.99. The van der Waals surface area contributed by atoms with Crippen LogP contribution >= 0.6 is 11.6 Å². The van der Waals surface area contributed by atoms with Crippen LogP contribution in [0.25, 0.3) is 0 Å². The summed E-state index contributed by atoms with van der Waals surface area (Å²) in [5.74, 6) is -1.96. The van der Waals surface area contributed by atoms with Crippen molar-refractivity contribution in [2.24, 2.45) is 5.92 Å². The van der Waals surface area contributed by atoms with Crippen molar-refractivity contribution < 1.29 is 19.4 Å². The minimum Gasteiger partial charge on any atom is -0.492 e. The standard InChI is InChI=1S/C13H16ClNO4/c1-9(13(17)18)12(16)15(2)7-8-19-11-5-3-10(14)4-6-11/h3-6,9H,7-8H2,1-2H3,(H,17,18). The van der Waals surface area contributed by atoms with Crippen molar-refractivity contribution in [1.82, 2.24) is 4.90 Å². The highest BCUT2D eigenvalue weighted by Crippen LogP contribution is 2.15. The van der Waals surface area contributed by atoms with Crippen molar-refractivity contribution in [3.05, 3.63) is 29.3 Å². The summed E-state index contributed by atoms with van der Waals surface area (Å²) in [6.45, 7) is 1.97. The van der Waals surface area contributed by atoms with Gasteiger partial charge in [-0.25, -0.2) is 0 Å². The average Bonchev–Trinajstić information content (AvgIpc) is 2.39. The van der Waals surface area contributed by atoms with Gasteiger partial charge in [0.05, 0.1) is 6.54 Å². The highest BCUT2D eigenvalue weighted by Gasteiger charge is 2.23. The molecule has 19 heavy (non-hydrogen) atoms. The predicted molar refractivity (Wildman–Crippen MR) is 71.4 cm³/mol. The number of rotatable bonds is 6. The number of carboxylic acids is 1. The molecule has 0 heterocycles. The number of hydrogen-bond acceptors (Lipinski definition) is 3. The van der Waals surface area contributed by atoms with Crippen molar-refractivity contribution in [3.63, 3.8) is 0 Å². The Labute approximate surface area is 116 Å². The molecule has 1 unspecified atom stereocenters. The lowest BCUT2D eigenvalue weighted by Gasteiger charge is -2.19. The van der Waals surface area contributed by atoms with Crippen LogP contribution in [-0.4, -0.2) is 42.1 Å². The van der Waals surface area contributed by atoms with Crippen molar-refractivity contribution in [2.45, 2.75) is 6.92 Å². The molecule has 6 heteroatoms. The van der Waals surface area contributed by atoms with E-state index < -0.39 is 17.8 Å². The van der Waals surface area contributed by atoms with Crippen molar-refractivity contribution >= 4 is 23.5 Å². The van der Waals surface area contributed by atoms with Crippen molar-refractivity contribution in [2.75, 3.05) is 20.2 Å². The first kappa shape index (κ1) is 15.3. The Morgan fingerprint density at radius 3 is 2.47 bits per heavy atom. The van der Waals surface area contributed by atoms with Gasteiger partial charge in [-0.1, -0.05) is 11.6 Å². The van der Waals surface area contributed by atoms with Crippen LogP contribution in [0.15, 0.2) is 24.3 Å². The molecular formula is C13H16ClNO4. The normalized spacial score (nSPS) is 11.7. The van der Waals surface area contributed by atoms with Crippen molar-refractivity contribution in [3.8, 4) is 5.75 Å². The molecule has 0 spiro atoms. The number of carboxylic acid groups (broad SMARTS) is 1. The summed E-state index contributed by atoms with van der Waals surface area (Å²) in [7, 11) is 1.55. The van der Waals surface area contributed by atoms with Gasteiger partial charge in [0, 0.05) is 12.1 Å². The maximum atomic E-state index is 11.6. The Bertz CT molecular complexity index is 446. The number of benzene rings is 1. The molecule has 1 atom stereocenters. The SMILES string of the molecule is CC(C(=O)O)C(=O)N(C)CCOc1ccc(Cl)cc1. The van der Waals surface area contributed by atoms with Gasteiger partial charge in [-0.3, -0.25) is 9.59 Å². The zero-order valence-corrected chi connectivity index (χ0v) is 11.6.